The summed E-state index contributed by atoms with van der Waals surface area (Å²) in [7, 11) is -3.36. The van der Waals surface area contributed by atoms with Crippen LogP contribution in [0.15, 0.2) is 0 Å². The fourth-order valence-corrected chi connectivity index (χ4v) is 4.42. The first-order chi connectivity index (χ1) is 9.13. The molecule has 3 N–H and O–H groups in total. The predicted octanol–water partition coefficient (Wildman–Crippen LogP) is -0.270. The van der Waals surface area contributed by atoms with Gasteiger partial charge in [-0.05, 0) is 38.8 Å². The highest BCUT2D eigenvalue weighted by atomic mass is 32.2. The molecule has 0 amide bonds. The third-order valence-corrected chi connectivity index (χ3v) is 5.73. The molecule has 2 aliphatic rings. The minimum absolute atomic E-state index is 0.0296. The summed E-state index contributed by atoms with van der Waals surface area (Å²) in [5.41, 5.74) is 5.68. The number of likely N-dealkylation sites (tertiary alicyclic amines) is 1. The molecular weight excluding hydrogens is 264 g/mol. The first-order valence-corrected chi connectivity index (χ1v) is 8.76. The van der Waals surface area contributed by atoms with Gasteiger partial charge in [-0.3, -0.25) is 0 Å². The van der Waals surface area contributed by atoms with Crippen molar-refractivity contribution in [3.05, 3.63) is 0 Å². The van der Waals surface area contributed by atoms with Gasteiger partial charge in [0.25, 0.3) is 10.2 Å². The van der Waals surface area contributed by atoms with Crippen molar-refractivity contribution >= 4 is 10.2 Å². The van der Waals surface area contributed by atoms with Crippen molar-refractivity contribution < 1.29 is 8.42 Å². The molecule has 2 saturated heterocycles. The standard InChI is InChI=1S/C12H26N4O2S/c13-11-12-5-1-2-9-16(12)19(17,18)14-6-10-15-7-3-4-8-15/h12,14H,1-11,13H2. The first-order valence-electron chi connectivity index (χ1n) is 7.32. The molecular formula is C12H26N4O2S. The SMILES string of the molecule is NCC1CCCCN1S(=O)(=O)NCCN1CCCC1. The molecule has 1 unspecified atom stereocenters. The van der Waals surface area contributed by atoms with Gasteiger partial charge in [0.1, 0.15) is 0 Å². The third-order valence-electron chi connectivity index (χ3n) is 4.07. The molecule has 2 heterocycles. The summed E-state index contributed by atoms with van der Waals surface area (Å²) in [6.45, 7) is 4.50. The Morgan fingerprint density at radius 3 is 2.47 bits per heavy atom. The third kappa shape index (κ3) is 4.13. The maximum absolute atomic E-state index is 12.3. The minimum atomic E-state index is -3.36. The van der Waals surface area contributed by atoms with Crippen LogP contribution < -0.4 is 10.5 Å². The maximum atomic E-state index is 12.3. The van der Waals surface area contributed by atoms with E-state index in [9.17, 15) is 8.42 Å². The van der Waals surface area contributed by atoms with Gasteiger partial charge in [-0.2, -0.15) is 12.7 Å². The number of nitrogens with two attached hydrogens (primary N) is 1. The molecule has 0 aromatic rings. The predicted molar refractivity (Wildman–Crippen MR) is 76.0 cm³/mol. The van der Waals surface area contributed by atoms with Crippen LogP contribution in [0.3, 0.4) is 0 Å². The molecule has 0 radical (unpaired) electrons. The molecule has 0 aromatic carbocycles. The zero-order valence-corrected chi connectivity index (χ0v) is 12.4. The van der Waals surface area contributed by atoms with E-state index in [2.05, 4.69) is 9.62 Å². The molecule has 112 valence electrons. The van der Waals surface area contributed by atoms with Gasteiger partial charge in [0.05, 0.1) is 0 Å². The van der Waals surface area contributed by atoms with E-state index < -0.39 is 10.2 Å². The number of rotatable bonds is 6. The second kappa shape index (κ2) is 6.99. The summed E-state index contributed by atoms with van der Waals surface area (Å²) in [4.78, 5) is 2.30. The van der Waals surface area contributed by atoms with E-state index in [0.717, 1.165) is 38.9 Å². The van der Waals surface area contributed by atoms with Crippen molar-refractivity contribution in [2.24, 2.45) is 5.73 Å². The van der Waals surface area contributed by atoms with Crippen LogP contribution >= 0.6 is 0 Å². The van der Waals surface area contributed by atoms with Gasteiger partial charge in [-0.1, -0.05) is 6.42 Å². The lowest BCUT2D eigenvalue weighted by molar-refractivity contribution is 0.253. The molecule has 7 heteroatoms. The zero-order chi connectivity index (χ0) is 13.7. The van der Waals surface area contributed by atoms with Crippen LogP contribution in [0.25, 0.3) is 0 Å². The molecule has 0 saturated carbocycles. The Labute approximate surface area is 116 Å². The van der Waals surface area contributed by atoms with Crippen molar-refractivity contribution in [1.82, 2.24) is 13.9 Å². The van der Waals surface area contributed by atoms with Crippen LogP contribution in [0.1, 0.15) is 32.1 Å². The lowest BCUT2D eigenvalue weighted by atomic mass is 10.1. The van der Waals surface area contributed by atoms with Crippen LogP contribution in [0.5, 0.6) is 0 Å². The van der Waals surface area contributed by atoms with Crippen molar-refractivity contribution in [3.63, 3.8) is 0 Å². The highest BCUT2D eigenvalue weighted by Crippen LogP contribution is 2.18. The van der Waals surface area contributed by atoms with E-state index in [0.29, 0.717) is 19.6 Å². The van der Waals surface area contributed by atoms with Gasteiger partial charge in [0.15, 0.2) is 0 Å². The Hall–Kier alpha value is -0.210. The minimum Gasteiger partial charge on any atom is -0.329 e. The van der Waals surface area contributed by atoms with Crippen LogP contribution in [0, 0.1) is 0 Å². The molecule has 0 aliphatic carbocycles. The fraction of sp³-hybridized carbons (Fsp3) is 1.00. The van der Waals surface area contributed by atoms with Crippen molar-refractivity contribution in [2.75, 3.05) is 39.3 Å². The Morgan fingerprint density at radius 1 is 1.11 bits per heavy atom. The molecule has 6 nitrogen and oxygen atoms in total. The Bertz CT molecular complexity index is 368. The molecule has 0 aromatic heterocycles. The van der Waals surface area contributed by atoms with E-state index in [1.165, 1.54) is 12.8 Å². The van der Waals surface area contributed by atoms with Gasteiger partial charge in [0.2, 0.25) is 0 Å². The molecule has 0 bridgehead atoms. The summed E-state index contributed by atoms with van der Waals surface area (Å²) in [5.74, 6) is 0. The van der Waals surface area contributed by atoms with Crippen LogP contribution in [-0.2, 0) is 10.2 Å². The average molecular weight is 290 g/mol. The Morgan fingerprint density at radius 2 is 1.79 bits per heavy atom. The van der Waals surface area contributed by atoms with Crippen molar-refractivity contribution in [2.45, 2.75) is 38.1 Å². The number of hydrogen-bond acceptors (Lipinski definition) is 4. The lowest BCUT2D eigenvalue weighted by Crippen LogP contribution is -2.52. The molecule has 2 rings (SSSR count). The fourth-order valence-electron chi connectivity index (χ4n) is 2.95. The van der Waals surface area contributed by atoms with Crippen molar-refractivity contribution in [1.29, 1.82) is 0 Å². The molecule has 2 aliphatic heterocycles. The van der Waals surface area contributed by atoms with Gasteiger partial charge in [0, 0.05) is 32.2 Å². The zero-order valence-electron chi connectivity index (χ0n) is 11.6. The highest BCUT2D eigenvalue weighted by Gasteiger charge is 2.31. The molecule has 1 atom stereocenters. The second-order valence-corrected chi connectivity index (χ2v) is 7.15. The van der Waals surface area contributed by atoms with Gasteiger partial charge in [-0.15, -0.1) is 0 Å². The molecule has 19 heavy (non-hydrogen) atoms. The second-order valence-electron chi connectivity index (χ2n) is 5.44. The van der Waals surface area contributed by atoms with Crippen LogP contribution in [-0.4, -0.2) is 62.9 Å². The van der Waals surface area contributed by atoms with E-state index in [4.69, 9.17) is 5.73 Å². The molecule has 2 fully saturated rings. The Balaban J connectivity index is 1.82. The van der Waals surface area contributed by atoms with Gasteiger partial charge in [-0.25, -0.2) is 4.72 Å². The van der Waals surface area contributed by atoms with Crippen molar-refractivity contribution in [3.8, 4) is 0 Å². The summed E-state index contributed by atoms with van der Waals surface area (Å²) in [6.07, 6.45) is 5.34. The van der Waals surface area contributed by atoms with Crippen LogP contribution in [0.4, 0.5) is 0 Å². The topological polar surface area (TPSA) is 78.7 Å². The van der Waals surface area contributed by atoms with E-state index >= 15 is 0 Å². The number of hydrogen-bond donors (Lipinski definition) is 2. The van der Waals surface area contributed by atoms with Gasteiger partial charge >= 0.3 is 0 Å². The summed E-state index contributed by atoms with van der Waals surface area (Å²) in [6, 6.07) is -0.0296. The number of nitrogens with one attached hydrogen (secondary N) is 1. The molecule has 0 spiro atoms. The van der Waals surface area contributed by atoms with Crippen LogP contribution in [0.2, 0.25) is 0 Å². The average Bonchev–Trinajstić information content (AvgIpc) is 2.91. The largest absolute Gasteiger partial charge is 0.329 e. The smallest absolute Gasteiger partial charge is 0.279 e. The Kier molecular flexibility index (Phi) is 5.58. The summed E-state index contributed by atoms with van der Waals surface area (Å²) < 4.78 is 28.8. The monoisotopic (exact) mass is 290 g/mol. The van der Waals surface area contributed by atoms with E-state index in [1.54, 1.807) is 4.31 Å². The van der Waals surface area contributed by atoms with Gasteiger partial charge < -0.3 is 10.6 Å². The summed E-state index contributed by atoms with van der Waals surface area (Å²) in [5, 5.41) is 0. The quantitative estimate of drug-likeness (QED) is 0.706. The summed E-state index contributed by atoms with van der Waals surface area (Å²) >= 11 is 0. The normalized spacial score (nSPS) is 26.9. The maximum Gasteiger partial charge on any atom is 0.279 e. The van der Waals surface area contributed by atoms with E-state index in [-0.39, 0.29) is 6.04 Å². The number of piperidine rings is 1. The first kappa shape index (κ1) is 15.2. The highest BCUT2D eigenvalue weighted by molar-refractivity contribution is 7.87. The number of nitrogens with zero attached hydrogens (tertiary/aromatic N) is 2. The lowest BCUT2D eigenvalue weighted by Gasteiger charge is -2.33. The van der Waals surface area contributed by atoms with E-state index in [1.807, 2.05) is 0 Å².